The van der Waals surface area contributed by atoms with Gasteiger partial charge in [0, 0.05) is 48.2 Å². The summed E-state index contributed by atoms with van der Waals surface area (Å²) in [6.45, 7) is 4.27. The van der Waals surface area contributed by atoms with E-state index < -0.39 is 20.9 Å². The van der Waals surface area contributed by atoms with E-state index in [1.165, 1.54) is 17.1 Å². The van der Waals surface area contributed by atoms with Crippen LogP contribution in [0.1, 0.15) is 43.2 Å². The van der Waals surface area contributed by atoms with Crippen LogP contribution in [-0.4, -0.2) is 73.6 Å². The second-order valence-electron chi connectivity index (χ2n) is 12.4. The summed E-state index contributed by atoms with van der Waals surface area (Å²) in [5.41, 5.74) is 0.303. The Balaban J connectivity index is 1.21. The maximum Gasteiger partial charge on any atom is 0.239 e. The summed E-state index contributed by atoms with van der Waals surface area (Å²) in [5.74, 6) is 0.340. The third-order valence-corrected chi connectivity index (χ3v) is 11.8. The highest BCUT2D eigenvalue weighted by molar-refractivity contribution is 7.89. The van der Waals surface area contributed by atoms with Crippen molar-refractivity contribution in [3.8, 4) is 11.8 Å². The van der Waals surface area contributed by atoms with Gasteiger partial charge in [-0.1, -0.05) is 17.7 Å². The number of aromatic nitrogens is 1. The van der Waals surface area contributed by atoms with Gasteiger partial charge in [-0.05, 0) is 86.7 Å². The number of benzene rings is 2. The Hall–Kier alpha value is -3.23. The number of anilines is 1. The van der Waals surface area contributed by atoms with Crippen LogP contribution in [0.4, 0.5) is 5.69 Å². The molecule has 7 rings (SSSR count). The molecule has 1 aliphatic carbocycles. The van der Waals surface area contributed by atoms with Crippen molar-refractivity contribution >= 4 is 44.0 Å². The molecule has 1 unspecified atom stereocenters. The minimum atomic E-state index is -3.79. The molecule has 3 aliphatic heterocycles. The number of likely N-dealkylation sites (tertiary alicyclic amines) is 1. The molecule has 0 radical (unpaired) electrons. The molecule has 1 spiro atoms. The molecule has 2 saturated heterocycles. The van der Waals surface area contributed by atoms with Gasteiger partial charge < -0.3 is 9.64 Å². The molecular formula is C32H34ClN5O4S. The zero-order valence-electron chi connectivity index (χ0n) is 24.0. The molecule has 1 atom stereocenters. The molecule has 1 aromatic heterocycles. The highest BCUT2D eigenvalue weighted by atomic mass is 35.5. The first-order valence-corrected chi connectivity index (χ1v) is 16.9. The largest absolute Gasteiger partial charge is 0.492 e. The van der Waals surface area contributed by atoms with Crippen LogP contribution in [0.2, 0.25) is 5.02 Å². The first kappa shape index (κ1) is 28.5. The predicted molar refractivity (Wildman–Crippen MR) is 164 cm³/mol. The number of ether oxygens (including phenoxy) is 1. The average Bonchev–Trinajstić information content (AvgIpc) is 3.41. The van der Waals surface area contributed by atoms with Crippen LogP contribution < -0.4 is 9.64 Å². The molecule has 3 aromatic rings. The molecular weight excluding hydrogens is 586 g/mol. The van der Waals surface area contributed by atoms with Crippen LogP contribution in [-0.2, 0) is 26.8 Å². The van der Waals surface area contributed by atoms with Crippen molar-refractivity contribution in [1.29, 1.82) is 5.26 Å². The van der Waals surface area contributed by atoms with Gasteiger partial charge in [-0.3, -0.25) is 14.7 Å². The number of pyridine rings is 1. The van der Waals surface area contributed by atoms with Gasteiger partial charge in [0.15, 0.2) is 0 Å². The van der Waals surface area contributed by atoms with Gasteiger partial charge in [-0.25, -0.2) is 8.42 Å². The van der Waals surface area contributed by atoms with E-state index in [0.717, 1.165) is 47.3 Å². The van der Waals surface area contributed by atoms with E-state index in [4.69, 9.17) is 16.3 Å². The number of nitriles is 1. The Kier molecular flexibility index (Phi) is 7.13. The zero-order valence-corrected chi connectivity index (χ0v) is 25.5. The number of halogens is 1. The average molecular weight is 620 g/mol. The SMILES string of the molecule is N#CC1(CS(=O)(=O)N2Cc3ccc(Cl)cc3C3(CCN(c4cncc5ccc(OCCN6CCCC6)cc45)C3=O)C2)CC1. The summed E-state index contributed by atoms with van der Waals surface area (Å²) >= 11 is 6.44. The Morgan fingerprint density at radius 3 is 2.63 bits per heavy atom. The fraction of sp³-hybridized carbons (Fsp3) is 0.469. The normalized spacial score (nSPS) is 23.5. The minimum Gasteiger partial charge on any atom is -0.492 e. The van der Waals surface area contributed by atoms with Crippen LogP contribution in [0.25, 0.3) is 10.8 Å². The lowest BCUT2D eigenvalue weighted by atomic mass is 9.74. The topological polar surface area (TPSA) is 107 Å². The Labute approximate surface area is 257 Å². The lowest BCUT2D eigenvalue weighted by Crippen LogP contribution is -2.53. The highest BCUT2D eigenvalue weighted by Gasteiger charge is 2.56. The quantitative estimate of drug-likeness (QED) is 0.366. The number of amides is 1. The summed E-state index contributed by atoms with van der Waals surface area (Å²) < 4.78 is 34.8. The van der Waals surface area contributed by atoms with E-state index in [1.54, 1.807) is 23.4 Å². The summed E-state index contributed by atoms with van der Waals surface area (Å²) in [6, 6.07) is 13.4. The number of fused-ring (bicyclic) bond motifs is 3. The maximum atomic E-state index is 14.6. The molecule has 224 valence electrons. The lowest BCUT2D eigenvalue weighted by molar-refractivity contribution is -0.122. The molecule has 0 bridgehead atoms. The first-order chi connectivity index (χ1) is 20.7. The van der Waals surface area contributed by atoms with Crippen LogP contribution in [0, 0.1) is 16.7 Å². The molecule has 1 amide bonds. The van der Waals surface area contributed by atoms with Crippen LogP contribution >= 0.6 is 11.6 Å². The van der Waals surface area contributed by atoms with Gasteiger partial charge in [-0.2, -0.15) is 9.57 Å². The number of rotatable bonds is 8. The molecule has 1 saturated carbocycles. The van der Waals surface area contributed by atoms with E-state index in [2.05, 4.69) is 16.0 Å². The van der Waals surface area contributed by atoms with Crippen molar-refractivity contribution in [2.24, 2.45) is 5.41 Å². The molecule has 9 nitrogen and oxygen atoms in total. The van der Waals surface area contributed by atoms with Crippen molar-refractivity contribution in [3.05, 3.63) is 64.9 Å². The van der Waals surface area contributed by atoms with Crippen molar-refractivity contribution < 1.29 is 17.9 Å². The summed E-state index contributed by atoms with van der Waals surface area (Å²) in [4.78, 5) is 23.2. The number of sulfonamides is 1. The molecule has 4 aliphatic rings. The Morgan fingerprint density at radius 1 is 1.05 bits per heavy atom. The third-order valence-electron chi connectivity index (χ3n) is 9.62. The minimum absolute atomic E-state index is 0.0164. The number of hydrogen-bond donors (Lipinski definition) is 0. The van der Waals surface area contributed by atoms with Gasteiger partial charge in [0.25, 0.3) is 0 Å². The van der Waals surface area contributed by atoms with E-state index >= 15 is 0 Å². The first-order valence-electron chi connectivity index (χ1n) is 14.9. The Morgan fingerprint density at radius 2 is 1.86 bits per heavy atom. The highest BCUT2D eigenvalue weighted by Crippen LogP contribution is 2.49. The second kappa shape index (κ2) is 10.7. The van der Waals surface area contributed by atoms with Crippen LogP contribution in [0.15, 0.2) is 48.8 Å². The smallest absolute Gasteiger partial charge is 0.239 e. The van der Waals surface area contributed by atoms with Crippen molar-refractivity contribution in [2.45, 2.75) is 44.1 Å². The van der Waals surface area contributed by atoms with Gasteiger partial charge in [0.2, 0.25) is 15.9 Å². The van der Waals surface area contributed by atoms with Gasteiger partial charge in [0.1, 0.15) is 12.4 Å². The van der Waals surface area contributed by atoms with E-state index in [-0.39, 0.29) is 24.7 Å². The summed E-state index contributed by atoms with van der Waals surface area (Å²) in [5, 5.41) is 11.8. The van der Waals surface area contributed by atoms with Crippen molar-refractivity contribution in [1.82, 2.24) is 14.2 Å². The zero-order chi connectivity index (χ0) is 29.8. The van der Waals surface area contributed by atoms with E-state index in [9.17, 15) is 18.5 Å². The number of carbonyl (C=O) groups excluding carboxylic acids is 1. The van der Waals surface area contributed by atoms with Gasteiger partial charge >= 0.3 is 0 Å². The fourth-order valence-electron chi connectivity index (χ4n) is 6.97. The van der Waals surface area contributed by atoms with Gasteiger partial charge in [-0.15, -0.1) is 0 Å². The Bertz CT molecular complexity index is 1750. The molecule has 11 heteroatoms. The van der Waals surface area contributed by atoms with Crippen LogP contribution in [0.5, 0.6) is 5.75 Å². The van der Waals surface area contributed by atoms with Crippen molar-refractivity contribution in [2.75, 3.05) is 50.0 Å². The van der Waals surface area contributed by atoms with Crippen molar-refractivity contribution in [3.63, 3.8) is 0 Å². The molecule has 0 N–H and O–H groups in total. The van der Waals surface area contributed by atoms with E-state index in [1.807, 2.05) is 30.3 Å². The lowest BCUT2D eigenvalue weighted by Gasteiger charge is -2.40. The van der Waals surface area contributed by atoms with Crippen LogP contribution in [0.3, 0.4) is 0 Å². The predicted octanol–water partition coefficient (Wildman–Crippen LogP) is 4.49. The summed E-state index contributed by atoms with van der Waals surface area (Å²) in [6.07, 6.45) is 7.54. The maximum absolute atomic E-state index is 14.6. The molecule has 43 heavy (non-hydrogen) atoms. The summed E-state index contributed by atoms with van der Waals surface area (Å²) in [7, 11) is -3.79. The molecule has 3 fully saturated rings. The van der Waals surface area contributed by atoms with E-state index in [0.29, 0.717) is 43.1 Å². The molecule has 2 aromatic carbocycles. The fourth-order valence-corrected chi connectivity index (χ4v) is 9.13. The third kappa shape index (κ3) is 5.16. The standard InChI is InChI=1S/C32H34ClN5O4S/c33-25-5-3-24-19-37(43(40,41)22-31(20-34)7-8-31)21-32(28(24)15-25)9-12-38(30(32)39)29-18-35-17-23-4-6-26(16-27(23)29)42-14-13-36-10-1-2-11-36/h3-6,15-18H,1-2,7-14,19,21-22H2. The number of carbonyl (C=O) groups is 1. The number of nitrogens with zero attached hydrogens (tertiary/aromatic N) is 5. The number of hydrogen-bond acceptors (Lipinski definition) is 7. The van der Waals surface area contributed by atoms with Gasteiger partial charge in [0.05, 0.1) is 34.5 Å². The molecule has 4 heterocycles. The second-order valence-corrected chi connectivity index (χ2v) is 14.9. The monoisotopic (exact) mass is 619 g/mol.